The largest absolute Gasteiger partial charge is 0.481 e. The normalized spacial score (nSPS) is 33.9. The van der Waals surface area contributed by atoms with E-state index in [-0.39, 0.29) is 12.0 Å². The summed E-state index contributed by atoms with van der Waals surface area (Å²) in [6.07, 6.45) is 4.60. The molecule has 0 saturated carbocycles. The second-order valence-corrected chi connectivity index (χ2v) is 4.48. The quantitative estimate of drug-likeness (QED) is 0.543. The number of nitrogens with one attached hydrogen (secondary N) is 1. The van der Waals surface area contributed by atoms with Gasteiger partial charge in [0.25, 0.3) is 0 Å². The molecule has 0 radical (unpaired) electrons. The molecule has 94 valence electrons. The molecule has 0 spiro atoms. The van der Waals surface area contributed by atoms with Crippen LogP contribution in [0.15, 0.2) is 12.2 Å². The van der Waals surface area contributed by atoms with Crippen molar-refractivity contribution in [2.75, 3.05) is 6.54 Å². The second-order valence-electron chi connectivity index (χ2n) is 4.48. The minimum Gasteiger partial charge on any atom is -0.481 e. The molecular formula is C12H17NO4. The summed E-state index contributed by atoms with van der Waals surface area (Å²) in [5.74, 6) is -2.49. The lowest BCUT2D eigenvalue weighted by Gasteiger charge is -2.20. The SMILES string of the molecule is CCCCNC(=O)[C@H]1[C@H](C(=O)O)[C@H]2C=C[C@H]1O2. The standard InChI is InChI=1S/C12H17NO4/c1-2-3-6-13-11(14)9-7-4-5-8(17-7)10(9)12(15)16/h4-5,7-10H,2-3,6H2,1H3,(H,13,14)(H,15,16)/t7-,8-,9-,10-/m1/s1. The highest BCUT2D eigenvalue weighted by molar-refractivity contribution is 5.87. The molecule has 0 aromatic carbocycles. The van der Waals surface area contributed by atoms with Gasteiger partial charge >= 0.3 is 5.97 Å². The zero-order chi connectivity index (χ0) is 12.4. The predicted molar refractivity (Wildman–Crippen MR) is 60.3 cm³/mol. The molecule has 2 heterocycles. The molecule has 5 heteroatoms. The molecule has 0 unspecified atom stereocenters. The van der Waals surface area contributed by atoms with Gasteiger partial charge in [-0.2, -0.15) is 0 Å². The maximum absolute atomic E-state index is 11.9. The van der Waals surface area contributed by atoms with Crippen LogP contribution in [0, 0.1) is 11.8 Å². The van der Waals surface area contributed by atoms with Gasteiger partial charge in [0.05, 0.1) is 18.1 Å². The van der Waals surface area contributed by atoms with Crippen molar-refractivity contribution < 1.29 is 19.4 Å². The highest BCUT2D eigenvalue weighted by Crippen LogP contribution is 2.39. The first-order valence-electron chi connectivity index (χ1n) is 5.99. The zero-order valence-corrected chi connectivity index (χ0v) is 9.76. The molecule has 2 N–H and O–H groups in total. The van der Waals surface area contributed by atoms with Crippen molar-refractivity contribution in [3.05, 3.63) is 12.2 Å². The van der Waals surface area contributed by atoms with Gasteiger partial charge in [0, 0.05) is 6.54 Å². The lowest BCUT2D eigenvalue weighted by Crippen LogP contribution is -2.42. The number of rotatable bonds is 5. The third kappa shape index (κ3) is 2.20. The molecule has 2 bridgehead atoms. The Kier molecular flexibility index (Phi) is 3.47. The van der Waals surface area contributed by atoms with E-state index in [0.29, 0.717) is 6.54 Å². The molecule has 1 saturated heterocycles. The van der Waals surface area contributed by atoms with Crippen molar-refractivity contribution in [1.82, 2.24) is 5.32 Å². The number of fused-ring (bicyclic) bond motifs is 2. The van der Waals surface area contributed by atoms with Crippen LogP contribution >= 0.6 is 0 Å². The van der Waals surface area contributed by atoms with Crippen LogP contribution in [0.1, 0.15) is 19.8 Å². The van der Waals surface area contributed by atoms with Crippen LogP contribution in [-0.4, -0.2) is 35.7 Å². The maximum Gasteiger partial charge on any atom is 0.310 e. The number of carbonyl (C=O) groups is 2. The first kappa shape index (κ1) is 12.1. The van der Waals surface area contributed by atoms with Gasteiger partial charge in [0.1, 0.15) is 5.92 Å². The lowest BCUT2D eigenvalue weighted by atomic mass is 9.82. The van der Waals surface area contributed by atoms with E-state index in [2.05, 4.69) is 5.32 Å². The fraction of sp³-hybridized carbons (Fsp3) is 0.667. The molecule has 2 aliphatic heterocycles. The fourth-order valence-corrected chi connectivity index (χ4v) is 2.42. The molecule has 2 rings (SSSR count). The lowest BCUT2D eigenvalue weighted by molar-refractivity contribution is -0.146. The van der Waals surface area contributed by atoms with Crippen molar-refractivity contribution in [2.45, 2.75) is 32.0 Å². The Balaban J connectivity index is 2.01. The van der Waals surface area contributed by atoms with Crippen molar-refractivity contribution in [3.63, 3.8) is 0 Å². The Hall–Kier alpha value is -1.36. The monoisotopic (exact) mass is 239 g/mol. The summed E-state index contributed by atoms with van der Waals surface area (Å²) in [6.45, 7) is 2.63. The van der Waals surface area contributed by atoms with E-state index in [4.69, 9.17) is 9.84 Å². The molecule has 4 atom stereocenters. The van der Waals surface area contributed by atoms with Gasteiger partial charge in [-0.15, -0.1) is 0 Å². The van der Waals surface area contributed by atoms with Crippen molar-refractivity contribution in [2.24, 2.45) is 11.8 Å². The molecule has 2 aliphatic rings. The summed E-state index contributed by atoms with van der Waals surface area (Å²) in [6, 6.07) is 0. The van der Waals surface area contributed by atoms with Crippen LogP contribution in [0.5, 0.6) is 0 Å². The molecule has 1 fully saturated rings. The summed E-state index contributed by atoms with van der Waals surface area (Å²) >= 11 is 0. The van der Waals surface area contributed by atoms with Gasteiger partial charge in [0.2, 0.25) is 5.91 Å². The van der Waals surface area contributed by atoms with Crippen molar-refractivity contribution in [3.8, 4) is 0 Å². The number of hydrogen-bond donors (Lipinski definition) is 2. The number of carboxylic acids is 1. The van der Waals surface area contributed by atoms with Gasteiger partial charge in [0.15, 0.2) is 0 Å². The van der Waals surface area contributed by atoms with Crippen LogP contribution in [0.4, 0.5) is 0 Å². The van der Waals surface area contributed by atoms with Crippen LogP contribution in [0.2, 0.25) is 0 Å². The van der Waals surface area contributed by atoms with Crippen LogP contribution in [-0.2, 0) is 14.3 Å². The molecule has 0 aromatic heterocycles. The number of hydrogen-bond acceptors (Lipinski definition) is 3. The third-order valence-electron chi connectivity index (χ3n) is 3.32. The van der Waals surface area contributed by atoms with E-state index in [0.717, 1.165) is 12.8 Å². The van der Waals surface area contributed by atoms with Crippen LogP contribution < -0.4 is 5.32 Å². The third-order valence-corrected chi connectivity index (χ3v) is 3.32. The second kappa shape index (κ2) is 4.87. The highest BCUT2D eigenvalue weighted by atomic mass is 16.5. The van der Waals surface area contributed by atoms with E-state index >= 15 is 0 Å². The Morgan fingerprint density at radius 3 is 2.53 bits per heavy atom. The van der Waals surface area contributed by atoms with Crippen LogP contribution in [0.25, 0.3) is 0 Å². The molecular weight excluding hydrogens is 222 g/mol. The van der Waals surface area contributed by atoms with Crippen molar-refractivity contribution in [1.29, 1.82) is 0 Å². The number of carboxylic acid groups (broad SMARTS) is 1. The summed E-state index contributed by atoms with van der Waals surface area (Å²) in [7, 11) is 0. The summed E-state index contributed by atoms with van der Waals surface area (Å²) < 4.78 is 5.43. The Bertz CT molecular complexity index is 352. The number of aliphatic carboxylic acids is 1. The maximum atomic E-state index is 11.9. The van der Waals surface area contributed by atoms with E-state index < -0.39 is 23.9 Å². The van der Waals surface area contributed by atoms with Crippen LogP contribution in [0.3, 0.4) is 0 Å². The number of carbonyl (C=O) groups excluding carboxylic acids is 1. The van der Waals surface area contributed by atoms with Gasteiger partial charge in [-0.25, -0.2) is 0 Å². The molecule has 0 aromatic rings. The number of amides is 1. The summed E-state index contributed by atoms with van der Waals surface area (Å²) in [5.41, 5.74) is 0. The van der Waals surface area contributed by atoms with E-state index in [1.807, 2.05) is 6.92 Å². The van der Waals surface area contributed by atoms with Crippen molar-refractivity contribution >= 4 is 11.9 Å². The Morgan fingerprint density at radius 1 is 1.29 bits per heavy atom. The Morgan fingerprint density at radius 2 is 1.94 bits per heavy atom. The molecule has 5 nitrogen and oxygen atoms in total. The number of ether oxygens (including phenoxy) is 1. The average molecular weight is 239 g/mol. The van der Waals surface area contributed by atoms with Gasteiger partial charge < -0.3 is 15.2 Å². The molecule has 1 amide bonds. The smallest absolute Gasteiger partial charge is 0.310 e. The predicted octanol–water partition coefficient (Wildman–Crippen LogP) is 0.557. The van der Waals surface area contributed by atoms with E-state index in [9.17, 15) is 9.59 Å². The van der Waals surface area contributed by atoms with Gasteiger partial charge in [-0.3, -0.25) is 9.59 Å². The first-order chi connectivity index (χ1) is 8.15. The highest BCUT2D eigenvalue weighted by Gasteiger charge is 2.52. The minimum atomic E-state index is -0.961. The fourth-order valence-electron chi connectivity index (χ4n) is 2.42. The summed E-state index contributed by atoms with van der Waals surface area (Å²) in [4.78, 5) is 23.1. The van der Waals surface area contributed by atoms with Gasteiger partial charge in [-0.05, 0) is 6.42 Å². The van der Waals surface area contributed by atoms with Gasteiger partial charge in [-0.1, -0.05) is 25.5 Å². The Labute approximate surface area is 99.8 Å². The minimum absolute atomic E-state index is 0.206. The molecule has 0 aliphatic carbocycles. The summed E-state index contributed by atoms with van der Waals surface area (Å²) in [5, 5.41) is 11.9. The zero-order valence-electron chi connectivity index (χ0n) is 9.76. The van der Waals surface area contributed by atoms with E-state index in [1.165, 1.54) is 0 Å². The molecule has 17 heavy (non-hydrogen) atoms. The number of unbranched alkanes of at least 4 members (excludes halogenated alkanes) is 1. The first-order valence-corrected chi connectivity index (χ1v) is 5.99. The average Bonchev–Trinajstić information content (AvgIpc) is 2.88. The van der Waals surface area contributed by atoms with E-state index in [1.54, 1.807) is 12.2 Å². The topological polar surface area (TPSA) is 75.6 Å².